The van der Waals surface area contributed by atoms with Gasteiger partial charge in [0.15, 0.2) is 11.5 Å². The quantitative estimate of drug-likeness (QED) is 0.233. The van der Waals surface area contributed by atoms with E-state index in [1.54, 1.807) is 49.1 Å². The largest absolute Gasteiger partial charge is 0.421 e. The number of esters is 2. The third-order valence-corrected chi connectivity index (χ3v) is 8.00. The van der Waals surface area contributed by atoms with E-state index in [0.717, 1.165) is 29.9 Å². The molecule has 2 aromatic carbocycles. The highest BCUT2D eigenvalue weighted by molar-refractivity contribution is 7.29. The number of fused-ring (bicyclic) bond motifs is 2. The zero-order valence-corrected chi connectivity index (χ0v) is 20.2. The molecule has 174 valence electrons. The molecule has 0 saturated carbocycles. The van der Waals surface area contributed by atoms with Crippen molar-refractivity contribution in [2.45, 2.75) is 0 Å². The molecular formula is C28H16N2O4S2. The van der Waals surface area contributed by atoms with Crippen LogP contribution in [0.5, 0.6) is 11.5 Å². The molecule has 0 aliphatic carbocycles. The van der Waals surface area contributed by atoms with Crippen LogP contribution in [0.2, 0.25) is 0 Å². The third-order valence-electron chi connectivity index (χ3n) is 5.53. The topological polar surface area (TPSA) is 78.4 Å². The summed E-state index contributed by atoms with van der Waals surface area (Å²) in [5.41, 5.74) is 0.791. The second-order valence-corrected chi connectivity index (χ2v) is 9.87. The van der Waals surface area contributed by atoms with E-state index in [4.69, 9.17) is 9.47 Å². The molecule has 0 spiro atoms. The highest BCUT2D eigenvalue weighted by Crippen LogP contribution is 2.53. The van der Waals surface area contributed by atoms with Crippen LogP contribution in [0.3, 0.4) is 0 Å². The predicted molar refractivity (Wildman–Crippen MR) is 141 cm³/mol. The summed E-state index contributed by atoms with van der Waals surface area (Å²) in [6.45, 7) is 0. The first-order valence-corrected chi connectivity index (χ1v) is 12.6. The Hall–Kier alpha value is -4.40. The van der Waals surface area contributed by atoms with Crippen molar-refractivity contribution < 1.29 is 19.1 Å². The predicted octanol–water partition coefficient (Wildman–Crippen LogP) is 7.01. The fourth-order valence-electron chi connectivity index (χ4n) is 3.82. The Morgan fingerprint density at radius 1 is 0.556 bits per heavy atom. The van der Waals surface area contributed by atoms with Crippen molar-refractivity contribution in [2.75, 3.05) is 0 Å². The van der Waals surface area contributed by atoms with Gasteiger partial charge >= 0.3 is 11.9 Å². The molecule has 4 aromatic heterocycles. The Labute approximate surface area is 213 Å². The molecule has 36 heavy (non-hydrogen) atoms. The van der Waals surface area contributed by atoms with Crippen LogP contribution in [0.15, 0.2) is 97.6 Å². The van der Waals surface area contributed by atoms with Crippen molar-refractivity contribution in [3.8, 4) is 21.3 Å². The number of aromatic nitrogens is 2. The Morgan fingerprint density at radius 3 is 1.36 bits per heavy atom. The number of carbonyl (C=O) groups is 2. The summed E-state index contributed by atoms with van der Waals surface area (Å²) in [6.07, 6.45) is 6.19. The smallest absolute Gasteiger partial charge is 0.343 e. The second-order valence-electron chi connectivity index (χ2n) is 7.76. The number of thiophene rings is 2. The summed E-state index contributed by atoms with van der Waals surface area (Å²) in [5, 5.41) is 1.62. The number of benzene rings is 2. The first-order chi connectivity index (χ1) is 17.7. The summed E-state index contributed by atoms with van der Waals surface area (Å²) in [5.74, 6) is -0.104. The SMILES string of the molecule is O=C(Oc1c(-c2sc3ccccc3c2OC(=O)c2ccncc2)sc2ccccc12)c1ccncc1. The van der Waals surface area contributed by atoms with Crippen molar-refractivity contribution >= 4 is 54.8 Å². The lowest BCUT2D eigenvalue weighted by Gasteiger charge is -2.09. The van der Waals surface area contributed by atoms with Gasteiger partial charge in [0.2, 0.25) is 0 Å². The van der Waals surface area contributed by atoms with Gasteiger partial charge in [0.1, 0.15) is 0 Å². The van der Waals surface area contributed by atoms with Crippen molar-refractivity contribution in [1.29, 1.82) is 0 Å². The molecule has 8 heteroatoms. The Bertz CT molecular complexity index is 1600. The van der Waals surface area contributed by atoms with Crippen LogP contribution < -0.4 is 9.47 Å². The van der Waals surface area contributed by atoms with Crippen LogP contribution in [0.25, 0.3) is 29.9 Å². The van der Waals surface area contributed by atoms with E-state index in [1.807, 2.05) is 48.5 Å². The van der Waals surface area contributed by atoms with Crippen LogP contribution in [0.1, 0.15) is 20.7 Å². The summed E-state index contributed by atoms with van der Waals surface area (Å²) < 4.78 is 13.9. The monoisotopic (exact) mass is 508 g/mol. The van der Waals surface area contributed by atoms with Gasteiger partial charge < -0.3 is 9.47 Å². The van der Waals surface area contributed by atoms with Gasteiger partial charge in [0, 0.05) is 45.0 Å². The molecule has 0 fully saturated rings. The van der Waals surface area contributed by atoms with Gasteiger partial charge in [-0.1, -0.05) is 24.3 Å². The molecule has 0 N–H and O–H groups in total. The third kappa shape index (κ3) is 4.02. The van der Waals surface area contributed by atoms with E-state index < -0.39 is 11.9 Å². The maximum Gasteiger partial charge on any atom is 0.343 e. The number of carbonyl (C=O) groups excluding carboxylic acids is 2. The minimum Gasteiger partial charge on any atom is -0.421 e. The van der Waals surface area contributed by atoms with Crippen molar-refractivity contribution in [1.82, 2.24) is 9.97 Å². The minimum absolute atomic E-state index is 0.395. The van der Waals surface area contributed by atoms with Crippen molar-refractivity contribution in [3.63, 3.8) is 0 Å². The lowest BCUT2D eigenvalue weighted by Crippen LogP contribution is -2.09. The van der Waals surface area contributed by atoms with Gasteiger partial charge in [-0.2, -0.15) is 0 Å². The van der Waals surface area contributed by atoms with Crippen LogP contribution in [0.4, 0.5) is 0 Å². The van der Waals surface area contributed by atoms with Crippen LogP contribution in [-0.2, 0) is 0 Å². The number of hydrogen-bond donors (Lipinski definition) is 0. The summed E-state index contributed by atoms with van der Waals surface area (Å²) in [6, 6.07) is 21.9. The fraction of sp³-hybridized carbons (Fsp3) is 0. The van der Waals surface area contributed by atoms with E-state index in [1.165, 1.54) is 22.7 Å². The number of hydrogen-bond acceptors (Lipinski definition) is 8. The van der Waals surface area contributed by atoms with Gasteiger partial charge in [-0.25, -0.2) is 9.59 Å². The second kappa shape index (κ2) is 9.33. The van der Waals surface area contributed by atoms with Gasteiger partial charge in [-0.05, 0) is 48.5 Å². The first-order valence-electron chi connectivity index (χ1n) is 11.0. The highest BCUT2D eigenvalue weighted by Gasteiger charge is 2.26. The number of ether oxygens (including phenoxy) is 2. The van der Waals surface area contributed by atoms with Crippen molar-refractivity contribution in [3.05, 3.63) is 109 Å². The maximum absolute atomic E-state index is 13.0. The molecular weight excluding hydrogens is 492 g/mol. The van der Waals surface area contributed by atoms with Crippen LogP contribution >= 0.6 is 22.7 Å². The molecule has 6 aromatic rings. The molecule has 0 radical (unpaired) electrons. The average Bonchev–Trinajstić information content (AvgIpc) is 3.48. The molecule has 0 atom stereocenters. The fourth-order valence-corrected chi connectivity index (χ4v) is 6.21. The highest BCUT2D eigenvalue weighted by atomic mass is 32.1. The normalized spacial score (nSPS) is 11.0. The van der Waals surface area contributed by atoms with E-state index in [9.17, 15) is 9.59 Å². The lowest BCUT2D eigenvalue weighted by molar-refractivity contribution is 0.0726. The number of rotatable bonds is 5. The van der Waals surface area contributed by atoms with E-state index in [0.29, 0.717) is 22.6 Å². The standard InChI is InChI=1S/C28H16N2O4S2/c31-27(17-9-13-29-14-10-17)33-23-19-5-1-3-7-21(19)35-25(23)26-24(20-6-2-4-8-22(20)36-26)34-28(32)18-11-15-30-16-12-18/h1-16H. The zero-order chi connectivity index (χ0) is 24.5. The average molecular weight is 509 g/mol. The summed E-state index contributed by atoms with van der Waals surface area (Å²) in [7, 11) is 0. The van der Waals surface area contributed by atoms with E-state index in [2.05, 4.69) is 9.97 Å². The molecule has 6 nitrogen and oxygen atoms in total. The van der Waals surface area contributed by atoms with Crippen molar-refractivity contribution in [2.24, 2.45) is 0 Å². The maximum atomic E-state index is 13.0. The van der Waals surface area contributed by atoms with E-state index in [-0.39, 0.29) is 0 Å². The van der Waals surface area contributed by atoms with Gasteiger partial charge in [-0.3, -0.25) is 9.97 Å². The molecule has 0 amide bonds. The molecule has 0 bridgehead atoms. The molecule has 0 saturated heterocycles. The lowest BCUT2D eigenvalue weighted by atomic mass is 10.2. The Morgan fingerprint density at radius 2 is 0.944 bits per heavy atom. The minimum atomic E-state index is -0.487. The number of nitrogens with zero attached hydrogens (tertiary/aromatic N) is 2. The Kier molecular flexibility index (Phi) is 5.73. The first kappa shape index (κ1) is 22.1. The van der Waals surface area contributed by atoms with E-state index >= 15 is 0 Å². The van der Waals surface area contributed by atoms with Crippen LogP contribution in [-0.4, -0.2) is 21.9 Å². The molecule has 0 unspecified atom stereocenters. The van der Waals surface area contributed by atoms with Gasteiger partial charge in [0.05, 0.1) is 20.9 Å². The molecule has 0 aliphatic heterocycles. The van der Waals surface area contributed by atoms with Gasteiger partial charge in [0.25, 0.3) is 0 Å². The molecule has 4 heterocycles. The molecule has 6 rings (SSSR count). The number of pyridine rings is 2. The summed E-state index contributed by atoms with van der Waals surface area (Å²) in [4.78, 5) is 35.4. The van der Waals surface area contributed by atoms with Gasteiger partial charge in [-0.15, -0.1) is 22.7 Å². The Balaban J connectivity index is 1.51. The summed E-state index contributed by atoms with van der Waals surface area (Å²) >= 11 is 2.97. The van der Waals surface area contributed by atoms with Crippen LogP contribution in [0, 0.1) is 0 Å². The zero-order valence-electron chi connectivity index (χ0n) is 18.6. The molecule has 0 aliphatic rings.